The summed E-state index contributed by atoms with van der Waals surface area (Å²) in [5.74, 6) is -0.485. The molecule has 3 heteroatoms. The van der Waals surface area contributed by atoms with E-state index in [4.69, 9.17) is 0 Å². The molecule has 4 rings (SSSR count). The fraction of sp³-hybridized carbons (Fsp3) is 0.176. The van der Waals surface area contributed by atoms with Gasteiger partial charge in [-0.05, 0) is 29.2 Å². The van der Waals surface area contributed by atoms with Gasteiger partial charge < -0.3 is 4.90 Å². The van der Waals surface area contributed by atoms with Crippen molar-refractivity contribution >= 4 is 23.5 Å². The van der Waals surface area contributed by atoms with Crippen molar-refractivity contribution < 1.29 is 9.59 Å². The highest BCUT2D eigenvalue weighted by molar-refractivity contribution is 6.52. The lowest BCUT2D eigenvalue weighted by atomic mass is 9.79. The number of carbonyl (C=O) groups excluding carboxylic acids is 2. The van der Waals surface area contributed by atoms with Crippen LogP contribution in [-0.4, -0.2) is 18.7 Å². The van der Waals surface area contributed by atoms with Crippen molar-refractivity contribution in [2.75, 3.05) is 11.9 Å². The van der Waals surface area contributed by atoms with Gasteiger partial charge in [0.25, 0.3) is 11.7 Å². The highest BCUT2D eigenvalue weighted by Gasteiger charge is 2.37. The maximum atomic E-state index is 12.2. The van der Waals surface area contributed by atoms with E-state index in [1.54, 1.807) is 7.05 Å². The molecule has 0 saturated heterocycles. The molecule has 2 aliphatic carbocycles. The first kappa shape index (κ1) is 11.4. The van der Waals surface area contributed by atoms with Crippen molar-refractivity contribution in [2.45, 2.75) is 6.42 Å². The lowest BCUT2D eigenvalue weighted by molar-refractivity contribution is -0.114. The minimum Gasteiger partial charge on any atom is -0.308 e. The van der Waals surface area contributed by atoms with Crippen molar-refractivity contribution in [2.24, 2.45) is 5.92 Å². The Morgan fingerprint density at radius 3 is 2.90 bits per heavy atom. The molecule has 3 aliphatic rings. The van der Waals surface area contributed by atoms with Crippen LogP contribution in [0.2, 0.25) is 0 Å². The molecule has 1 unspecified atom stereocenters. The van der Waals surface area contributed by atoms with Gasteiger partial charge in [0.2, 0.25) is 0 Å². The number of benzene rings is 1. The Labute approximate surface area is 116 Å². The number of anilines is 1. The van der Waals surface area contributed by atoms with Crippen molar-refractivity contribution in [3.8, 4) is 0 Å². The molecule has 1 heterocycles. The molecule has 0 N–H and O–H groups in total. The predicted octanol–water partition coefficient (Wildman–Crippen LogP) is 2.53. The van der Waals surface area contributed by atoms with Gasteiger partial charge in [-0.25, -0.2) is 0 Å². The second kappa shape index (κ2) is 3.79. The summed E-state index contributed by atoms with van der Waals surface area (Å²) in [5.41, 5.74) is 4.69. The number of hydrogen-bond donors (Lipinski definition) is 0. The van der Waals surface area contributed by atoms with Crippen LogP contribution in [0.3, 0.4) is 0 Å². The molecule has 1 aromatic rings. The lowest BCUT2D eigenvalue weighted by Gasteiger charge is -2.25. The fourth-order valence-electron chi connectivity index (χ4n) is 3.25. The van der Waals surface area contributed by atoms with Gasteiger partial charge in [-0.15, -0.1) is 0 Å². The summed E-state index contributed by atoms with van der Waals surface area (Å²) in [7, 11) is 1.66. The molecular weight excluding hydrogens is 250 g/mol. The van der Waals surface area contributed by atoms with E-state index in [1.807, 2.05) is 24.3 Å². The Hall–Kier alpha value is -2.42. The van der Waals surface area contributed by atoms with Gasteiger partial charge in [0.05, 0.1) is 11.3 Å². The highest BCUT2D eigenvalue weighted by Crippen LogP contribution is 2.39. The van der Waals surface area contributed by atoms with Crippen LogP contribution in [0.15, 0.2) is 42.0 Å². The Bertz CT molecular complexity index is 752. The van der Waals surface area contributed by atoms with Crippen LogP contribution in [0.1, 0.15) is 21.5 Å². The summed E-state index contributed by atoms with van der Waals surface area (Å²) in [6, 6.07) is 3.88. The molecule has 1 aromatic carbocycles. The van der Waals surface area contributed by atoms with E-state index in [0.717, 1.165) is 23.2 Å². The first-order chi connectivity index (χ1) is 9.66. The van der Waals surface area contributed by atoms with Crippen molar-refractivity contribution in [1.82, 2.24) is 0 Å². The van der Waals surface area contributed by atoms with Crippen LogP contribution in [0.4, 0.5) is 5.69 Å². The maximum Gasteiger partial charge on any atom is 0.299 e. The molecule has 3 nitrogen and oxygen atoms in total. The van der Waals surface area contributed by atoms with Crippen LogP contribution >= 0.6 is 0 Å². The van der Waals surface area contributed by atoms with Gasteiger partial charge in [0, 0.05) is 13.0 Å². The van der Waals surface area contributed by atoms with Gasteiger partial charge in [-0.1, -0.05) is 36.4 Å². The van der Waals surface area contributed by atoms with Crippen LogP contribution < -0.4 is 4.90 Å². The quantitative estimate of drug-likeness (QED) is 0.674. The Morgan fingerprint density at radius 1 is 1.20 bits per heavy atom. The molecule has 98 valence electrons. The number of amides is 1. The number of carbonyl (C=O) groups is 2. The highest BCUT2D eigenvalue weighted by atomic mass is 16.2. The molecule has 0 saturated carbocycles. The number of ketones is 1. The molecule has 0 aromatic heterocycles. The van der Waals surface area contributed by atoms with Crippen molar-refractivity contribution in [3.05, 3.63) is 58.7 Å². The average Bonchev–Trinajstić information content (AvgIpc) is 2.70. The summed E-state index contributed by atoms with van der Waals surface area (Å²) in [5, 5.41) is 0. The van der Waals surface area contributed by atoms with Crippen LogP contribution in [0.5, 0.6) is 0 Å². The number of nitrogens with zero attached hydrogens (tertiary/aromatic N) is 1. The summed E-state index contributed by atoms with van der Waals surface area (Å²) in [6.45, 7) is 0. The molecule has 0 spiro atoms. The molecule has 0 radical (unpaired) electrons. The third kappa shape index (κ3) is 1.35. The van der Waals surface area contributed by atoms with Gasteiger partial charge >= 0.3 is 0 Å². The lowest BCUT2D eigenvalue weighted by Crippen LogP contribution is -2.24. The predicted molar refractivity (Wildman–Crippen MR) is 77.6 cm³/mol. The fourth-order valence-corrected chi connectivity index (χ4v) is 3.25. The molecule has 0 fully saturated rings. The van der Waals surface area contributed by atoms with Crippen molar-refractivity contribution in [1.29, 1.82) is 0 Å². The van der Waals surface area contributed by atoms with E-state index in [9.17, 15) is 9.59 Å². The minimum absolute atomic E-state index is 0.313. The maximum absolute atomic E-state index is 12.2. The van der Waals surface area contributed by atoms with Gasteiger partial charge in [0.1, 0.15) is 0 Å². The van der Waals surface area contributed by atoms with E-state index < -0.39 is 5.91 Å². The third-order valence-electron chi connectivity index (χ3n) is 4.33. The minimum atomic E-state index is -0.428. The number of likely N-dealkylation sites (N-methyl/N-ethyl adjacent to an activating group) is 1. The summed E-state index contributed by atoms with van der Waals surface area (Å²) >= 11 is 0. The SMILES string of the molecule is CN1C(=O)C(=O)c2c1ccc1c2CC2C=CC=CC2=C1. The van der Waals surface area contributed by atoms with Crippen LogP contribution in [0.25, 0.3) is 6.08 Å². The van der Waals surface area contributed by atoms with E-state index in [1.165, 1.54) is 10.5 Å². The second-order valence-electron chi connectivity index (χ2n) is 5.42. The monoisotopic (exact) mass is 263 g/mol. The molecular formula is C17H13NO2. The van der Waals surface area contributed by atoms with Gasteiger partial charge in [0.15, 0.2) is 0 Å². The molecule has 1 atom stereocenters. The zero-order valence-electron chi connectivity index (χ0n) is 11.1. The van der Waals surface area contributed by atoms with Crippen LogP contribution in [0, 0.1) is 5.92 Å². The van der Waals surface area contributed by atoms with E-state index in [2.05, 4.69) is 18.2 Å². The zero-order valence-corrected chi connectivity index (χ0v) is 11.1. The van der Waals surface area contributed by atoms with Crippen molar-refractivity contribution in [3.63, 3.8) is 0 Å². The smallest absolute Gasteiger partial charge is 0.299 e. The number of Topliss-reactive ketones (excluding diaryl/α,β-unsaturated/α-hetero) is 1. The van der Waals surface area contributed by atoms with E-state index >= 15 is 0 Å². The summed E-state index contributed by atoms with van der Waals surface area (Å²) in [4.78, 5) is 25.5. The second-order valence-corrected chi connectivity index (χ2v) is 5.42. The van der Waals surface area contributed by atoms with Crippen LogP contribution in [-0.2, 0) is 11.2 Å². The zero-order chi connectivity index (χ0) is 13.9. The van der Waals surface area contributed by atoms with E-state index in [0.29, 0.717) is 11.5 Å². The Kier molecular flexibility index (Phi) is 2.16. The number of fused-ring (bicyclic) bond motifs is 4. The molecule has 20 heavy (non-hydrogen) atoms. The first-order valence-electron chi connectivity index (χ1n) is 6.71. The first-order valence-corrected chi connectivity index (χ1v) is 6.71. The van der Waals surface area contributed by atoms with Gasteiger partial charge in [-0.2, -0.15) is 0 Å². The standard InChI is InChI=1S/C17H13NO2/c1-18-14-7-6-12-8-10-4-2-3-5-11(10)9-13(12)15(14)16(19)17(18)20/h2-8,11H,9H2,1H3. The number of rotatable bonds is 0. The third-order valence-corrected chi connectivity index (χ3v) is 4.33. The largest absolute Gasteiger partial charge is 0.308 e. The van der Waals surface area contributed by atoms with Gasteiger partial charge in [-0.3, -0.25) is 9.59 Å². The number of allylic oxidation sites excluding steroid dienone is 5. The molecule has 0 bridgehead atoms. The Morgan fingerprint density at radius 2 is 2.05 bits per heavy atom. The molecule has 1 amide bonds. The topological polar surface area (TPSA) is 37.4 Å². The summed E-state index contributed by atoms with van der Waals surface area (Å²) in [6.07, 6.45) is 11.2. The summed E-state index contributed by atoms with van der Waals surface area (Å²) < 4.78 is 0. The normalized spacial score (nSPS) is 22.6. The average molecular weight is 263 g/mol. The number of hydrogen-bond acceptors (Lipinski definition) is 2. The van der Waals surface area contributed by atoms with E-state index in [-0.39, 0.29) is 5.78 Å². The molecule has 1 aliphatic heterocycles. The Balaban J connectivity index is 1.95.